The fourth-order valence-corrected chi connectivity index (χ4v) is 13.1. The van der Waals surface area contributed by atoms with Crippen LogP contribution in [0.25, 0.3) is 0 Å². The predicted octanol–water partition coefficient (Wildman–Crippen LogP) is 4.82. The molecule has 0 fully saturated rings. The van der Waals surface area contributed by atoms with Gasteiger partial charge in [-0.3, -0.25) is 0 Å². The molecule has 0 saturated heterocycles. The van der Waals surface area contributed by atoms with Crippen molar-refractivity contribution in [1.82, 2.24) is 0 Å². The molecular weight excluding hydrogens is 430 g/mol. The standard InChI is InChI=1S/C27H26AsP/c1-23(28(24-14-6-2-7-15-24)25-16-8-3-9-17-25)22-29(26-18-10-4-11-19-26)27-20-12-5-13-21-27/h2-21,23H,22H2,1H3. The fraction of sp³-hybridized carbons (Fsp3) is 0.111. The van der Waals surface area contributed by atoms with E-state index in [4.69, 9.17) is 0 Å². The molecule has 144 valence electrons. The molecule has 2 heteroatoms. The van der Waals surface area contributed by atoms with Crippen molar-refractivity contribution in [3.63, 3.8) is 0 Å². The van der Waals surface area contributed by atoms with Gasteiger partial charge in [0, 0.05) is 0 Å². The van der Waals surface area contributed by atoms with E-state index in [1.54, 1.807) is 8.70 Å². The van der Waals surface area contributed by atoms with Crippen molar-refractivity contribution in [2.24, 2.45) is 0 Å². The molecule has 0 N–H and O–H groups in total. The molecule has 4 aromatic rings. The third kappa shape index (κ3) is 5.08. The van der Waals surface area contributed by atoms with E-state index in [1.807, 2.05) is 0 Å². The van der Waals surface area contributed by atoms with E-state index < -0.39 is 14.7 Å². The average molecular weight is 456 g/mol. The molecule has 0 radical (unpaired) electrons. The molecular formula is C27H26AsP. The molecule has 0 aliphatic rings. The minimum absolute atomic E-state index is 0.367. The van der Waals surface area contributed by atoms with Crippen molar-refractivity contribution >= 4 is 41.9 Å². The summed E-state index contributed by atoms with van der Waals surface area (Å²) in [5.41, 5.74) is 0. The van der Waals surface area contributed by atoms with E-state index in [0.29, 0.717) is 4.71 Å². The quantitative estimate of drug-likeness (QED) is 0.276. The Morgan fingerprint density at radius 1 is 0.552 bits per heavy atom. The van der Waals surface area contributed by atoms with Crippen molar-refractivity contribution in [1.29, 1.82) is 0 Å². The molecule has 0 amide bonds. The van der Waals surface area contributed by atoms with Crippen LogP contribution >= 0.6 is 7.92 Å². The van der Waals surface area contributed by atoms with Gasteiger partial charge in [-0.25, -0.2) is 0 Å². The predicted molar refractivity (Wildman–Crippen MR) is 131 cm³/mol. The van der Waals surface area contributed by atoms with Crippen LogP contribution < -0.4 is 19.3 Å². The van der Waals surface area contributed by atoms with Gasteiger partial charge in [0.2, 0.25) is 0 Å². The van der Waals surface area contributed by atoms with Gasteiger partial charge in [0.25, 0.3) is 0 Å². The van der Waals surface area contributed by atoms with E-state index in [1.165, 1.54) is 16.8 Å². The molecule has 4 aromatic carbocycles. The Labute approximate surface area is 180 Å². The maximum absolute atomic E-state index is 2.49. The Balaban J connectivity index is 1.70. The second kappa shape index (κ2) is 10.1. The van der Waals surface area contributed by atoms with E-state index in [2.05, 4.69) is 128 Å². The number of benzene rings is 4. The second-order valence-corrected chi connectivity index (χ2v) is 15.0. The average Bonchev–Trinajstić information content (AvgIpc) is 2.80. The van der Waals surface area contributed by atoms with Crippen molar-refractivity contribution in [2.75, 3.05) is 6.16 Å². The van der Waals surface area contributed by atoms with Gasteiger partial charge >= 0.3 is 181 Å². The van der Waals surface area contributed by atoms with E-state index in [-0.39, 0.29) is 7.92 Å². The topological polar surface area (TPSA) is 0 Å². The third-order valence-corrected chi connectivity index (χ3v) is 14.3. The van der Waals surface area contributed by atoms with Crippen LogP contribution in [0.1, 0.15) is 6.92 Å². The maximum atomic E-state index is 2.49. The van der Waals surface area contributed by atoms with Gasteiger partial charge in [-0.15, -0.1) is 0 Å². The Bertz CT molecular complexity index is 909. The molecule has 1 unspecified atom stereocenters. The molecule has 0 spiro atoms. The first-order valence-electron chi connectivity index (χ1n) is 10.1. The van der Waals surface area contributed by atoms with Crippen LogP contribution in [-0.4, -0.2) is 20.8 Å². The van der Waals surface area contributed by atoms with Crippen molar-refractivity contribution in [3.05, 3.63) is 121 Å². The molecule has 0 saturated carbocycles. The Morgan fingerprint density at radius 3 is 1.28 bits per heavy atom. The Hall–Kier alpha value is -2.13. The molecule has 0 heterocycles. The summed E-state index contributed by atoms with van der Waals surface area (Å²) in [6, 6.07) is 44.7. The molecule has 0 aliphatic heterocycles. The van der Waals surface area contributed by atoms with Crippen LogP contribution in [0.5, 0.6) is 0 Å². The number of hydrogen-bond acceptors (Lipinski definition) is 0. The van der Waals surface area contributed by atoms with Gasteiger partial charge in [-0.2, -0.15) is 0 Å². The molecule has 0 aliphatic carbocycles. The summed E-state index contributed by atoms with van der Waals surface area (Å²) in [5.74, 6) is 0. The third-order valence-electron chi connectivity index (χ3n) is 5.09. The molecule has 4 rings (SSSR count). The van der Waals surface area contributed by atoms with Crippen molar-refractivity contribution in [2.45, 2.75) is 11.6 Å². The molecule has 0 aromatic heterocycles. The van der Waals surface area contributed by atoms with Crippen LogP contribution in [0, 0.1) is 0 Å². The second-order valence-electron chi connectivity index (χ2n) is 7.17. The van der Waals surface area contributed by atoms with Gasteiger partial charge in [-0.1, -0.05) is 0 Å². The zero-order chi connectivity index (χ0) is 19.9. The van der Waals surface area contributed by atoms with Gasteiger partial charge < -0.3 is 0 Å². The molecule has 0 nitrogen and oxygen atoms in total. The first-order chi connectivity index (χ1) is 14.3. The van der Waals surface area contributed by atoms with Crippen LogP contribution in [0.2, 0.25) is 4.71 Å². The summed E-state index contributed by atoms with van der Waals surface area (Å²) in [5, 5.41) is 2.96. The van der Waals surface area contributed by atoms with Crippen molar-refractivity contribution < 1.29 is 0 Å². The summed E-state index contributed by atoms with van der Waals surface area (Å²) >= 11 is -1.42. The molecule has 1 atom stereocenters. The van der Waals surface area contributed by atoms with Gasteiger partial charge in [0.05, 0.1) is 0 Å². The molecule has 29 heavy (non-hydrogen) atoms. The summed E-state index contributed by atoms with van der Waals surface area (Å²) < 4.78 is 3.77. The van der Waals surface area contributed by atoms with Crippen LogP contribution in [0.4, 0.5) is 0 Å². The fourth-order valence-electron chi connectivity index (χ4n) is 3.76. The van der Waals surface area contributed by atoms with Crippen molar-refractivity contribution in [3.8, 4) is 0 Å². The summed E-state index contributed by atoms with van der Waals surface area (Å²) in [6.07, 6.45) is 1.23. The zero-order valence-electron chi connectivity index (χ0n) is 16.7. The summed E-state index contributed by atoms with van der Waals surface area (Å²) in [4.78, 5) is 0. The van der Waals surface area contributed by atoms with Crippen LogP contribution in [0.3, 0.4) is 0 Å². The van der Waals surface area contributed by atoms with Gasteiger partial charge in [0.15, 0.2) is 0 Å². The van der Waals surface area contributed by atoms with E-state index in [0.717, 1.165) is 0 Å². The summed E-state index contributed by atoms with van der Waals surface area (Å²) in [7, 11) is -0.367. The Morgan fingerprint density at radius 2 is 0.897 bits per heavy atom. The summed E-state index contributed by atoms with van der Waals surface area (Å²) in [6.45, 7) is 2.49. The number of rotatable bonds is 7. The van der Waals surface area contributed by atoms with Gasteiger partial charge in [0.1, 0.15) is 0 Å². The number of hydrogen-bond donors (Lipinski definition) is 0. The van der Waals surface area contributed by atoms with E-state index in [9.17, 15) is 0 Å². The van der Waals surface area contributed by atoms with E-state index >= 15 is 0 Å². The first kappa shape index (κ1) is 20.2. The minimum atomic E-state index is -1.42. The Kier molecular flexibility index (Phi) is 6.99. The monoisotopic (exact) mass is 456 g/mol. The first-order valence-corrected chi connectivity index (χ1v) is 14.6. The zero-order valence-corrected chi connectivity index (χ0v) is 19.5. The van der Waals surface area contributed by atoms with Gasteiger partial charge in [-0.05, 0) is 0 Å². The van der Waals surface area contributed by atoms with Crippen LogP contribution in [-0.2, 0) is 0 Å². The SMILES string of the molecule is CC(CP(c1ccccc1)c1ccccc1)[As](c1ccccc1)c1ccccc1. The normalized spacial score (nSPS) is 12.2. The van der Waals surface area contributed by atoms with Crippen LogP contribution in [0.15, 0.2) is 121 Å². The molecule has 0 bridgehead atoms.